The highest BCUT2D eigenvalue weighted by molar-refractivity contribution is 5.92. The SMILES string of the molecule is CCc1ccccc1NCCC(=O)Nc1c(C)cccc1C. The molecule has 0 saturated carbocycles. The fraction of sp³-hybridized carbons (Fsp3) is 0.316. The summed E-state index contributed by atoms with van der Waals surface area (Å²) in [5.74, 6) is 0.0406. The minimum atomic E-state index is 0.0406. The summed E-state index contributed by atoms with van der Waals surface area (Å²) in [5.41, 5.74) is 5.51. The Balaban J connectivity index is 1.88. The quantitative estimate of drug-likeness (QED) is 0.834. The Morgan fingerprint density at radius 3 is 2.36 bits per heavy atom. The van der Waals surface area contributed by atoms with Crippen LogP contribution in [-0.2, 0) is 11.2 Å². The lowest BCUT2D eigenvalue weighted by molar-refractivity contribution is -0.115. The van der Waals surface area contributed by atoms with Gasteiger partial charge in [-0.2, -0.15) is 0 Å². The third kappa shape index (κ3) is 4.10. The first kappa shape index (κ1) is 16.1. The van der Waals surface area contributed by atoms with Gasteiger partial charge in [0.2, 0.25) is 5.91 Å². The van der Waals surface area contributed by atoms with Gasteiger partial charge in [-0.1, -0.05) is 43.3 Å². The normalized spacial score (nSPS) is 10.3. The molecule has 3 heteroatoms. The lowest BCUT2D eigenvalue weighted by Gasteiger charge is -2.13. The first-order chi connectivity index (χ1) is 10.6. The molecule has 0 radical (unpaired) electrons. The number of carbonyl (C=O) groups excluding carboxylic acids is 1. The van der Waals surface area contributed by atoms with E-state index in [1.165, 1.54) is 5.56 Å². The van der Waals surface area contributed by atoms with Crippen LogP contribution >= 0.6 is 0 Å². The molecule has 0 aliphatic rings. The highest BCUT2D eigenvalue weighted by Gasteiger charge is 2.07. The first-order valence-electron chi connectivity index (χ1n) is 7.79. The molecule has 0 aliphatic carbocycles. The van der Waals surface area contributed by atoms with Crippen LogP contribution in [0.25, 0.3) is 0 Å². The molecule has 0 bridgehead atoms. The zero-order valence-corrected chi connectivity index (χ0v) is 13.6. The number of nitrogens with one attached hydrogen (secondary N) is 2. The summed E-state index contributed by atoms with van der Waals surface area (Å²) >= 11 is 0. The molecular formula is C19H24N2O. The number of anilines is 2. The van der Waals surface area contributed by atoms with E-state index < -0.39 is 0 Å². The number of benzene rings is 2. The van der Waals surface area contributed by atoms with Gasteiger partial charge >= 0.3 is 0 Å². The summed E-state index contributed by atoms with van der Waals surface area (Å²) in [6, 6.07) is 14.2. The van der Waals surface area contributed by atoms with Crippen LogP contribution in [0.15, 0.2) is 42.5 Å². The Hall–Kier alpha value is -2.29. The molecule has 2 N–H and O–H groups in total. The Bertz CT molecular complexity index is 629. The van der Waals surface area contributed by atoms with Gasteiger partial charge in [0.05, 0.1) is 0 Å². The van der Waals surface area contributed by atoms with Gasteiger partial charge in [0.15, 0.2) is 0 Å². The van der Waals surface area contributed by atoms with Gasteiger partial charge in [-0.05, 0) is 43.0 Å². The fourth-order valence-electron chi connectivity index (χ4n) is 2.53. The molecule has 0 unspecified atom stereocenters. The summed E-state index contributed by atoms with van der Waals surface area (Å²) in [4.78, 5) is 12.1. The maximum absolute atomic E-state index is 12.1. The van der Waals surface area contributed by atoms with Crippen LogP contribution in [0.2, 0.25) is 0 Å². The Labute approximate surface area is 132 Å². The third-order valence-corrected chi connectivity index (χ3v) is 3.81. The summed E-state index contributed by atoms with van der Waals surface area (Å²) in [6.07, 6.45) is 1.43. The Kier molecular flexibility index (Phi) is 5.59. The average Bonchev–Trinajstić information content (AvgIpc) is 2.51. The molecule has 2 rings (SSSR count). The van der Waals surface area contributed by atoms with Crippen molar-refractivity contribution in [3.8, 4) is 0 Å². The second-order valence-electron chi connectivity index (χ2n) is 5.50. The Morgan fingerprint density at radius 1 is 1.00 bits per heavy atom. The minimum Gasteiger partial charge on any atom is -0.384 e. The molecule has 22 heavy (non-hydrogen) atoms. The van der Waals surface area contributed by atoms with Crippen molar-refractivity contribution in [3.05, 3.63) is 59.2 Å². The molecule has 0 fully saturated rings. The number of hydrogen-bond acceptors (Lipinski definition) is 2. The first-order valence-corrected chi connectivity index (χ1v) is 7.79. The van der Waals surface area contributed by atoms with E-state index in [2.05, 4.69) is 29.7 Å². The summed E-state index contributed by atoms with van der Waals surface area (Å²) in [5, 5.41) is 6.36. The molecule has 0 aromatic heterocycles. The average molecular weight is 296 g/mol. The molecular weight excluding hydrogens is 272 g/mol. The molecule has 2 aromatic carbocycles. The number of para-hydroxylation sites is 2. The van der Waals surface area contributed by atoms with Crippen LogP contribution < -0.4 is 10.6 Å². The van der Waals surface area contributed by atoms with Crippen molar-refractivity contribution in [2.75, 3.05) is 17.2 Å². The van der Waals surface area contributed by atoms with Gasteiger partial charge in [-0.25, -0.2) is 0 Å². The molecule has 2 aromatic rings. The smallest absolute Gasteiger partial charge is 0.226 e. The van der Waals surface area contributed by atoms with Crippen molar-refractivity contribution in [2.45, 2.75) is 33.6 Å². The zero-order valence-electron chi connectivity index (χ0n) is 13.6. The highest BCUT2D eigenvalue weighted by atomic mass is 16.1. The monoisotopic (exact) mass is 296 g/mol. The van der Waals surface area contributed by atoms with Crippen molar-refractivity contribution in [2.24, 2.45) is 0 Å². The van der Waals surface area contributed by atoms with E-state index in [9.17, 15) is 4.79 Å². The maximum atomic E-state index is 12.1. The lowest BCUT2D eigenvalue weighted by Crippen LogP contribution is -2.17. The van der Waals surface area contributed by atoms with E-state index in [-0.39, 0.29) is 5.91 Å². The number of amides is 1. The van der Waals surface area contributed by atoms with Gasteiger partial charge in [0.25, 0.3) is 0 Å². The predicted molar refractivity (Wildman–Crippen MR) is 93.5 cm³/mol. The van der Waals surface area contributed by atoms with Crippen LogP contribution in [0, 0.1) is 13.8 Å². The fourth-order valence-corrected chi connectivity index (χ4v) is 2.53. The van der Waals surface area contributed by atoms with E-state index in [0.717, 1.165) is 28.9 Å². The second-order valence-corrected chi connectivity index (χ2v) is 5.50. The zero-order chi connectivity index (χ0) is 15.9. The van der Waals surface area contributed by atoms with Gasteiger partial charge < -0.3 is 10.6 Å². The topological polar surface area (TPSA) is 41.1 Å². The van der Waals surface area contributed by atoms with Crippen LogP contribution in [-0.4, -0.2) is 12.5 Å². The van der Waals surface area contributed by atoms with Crippen molar-refractivity contribution in [1.29, 1.82) is 0 Å². The number of rotatable bonds is 6. The van der Waals surface area contributed by atoms with Crippen molar-refractivity contribution in [3.63, 3.8) is 0 Å². The minimum absolute atomic E-state index is 0.0406. The van der Waals surface area contributed by atoms with Gasteiger partial charge in [0, 0.05) is 24.3 Å². The predicted octanol–water partition coefficient (Wildman–Crippen LogP) is 4.31. The van der Waals surface area contributed by atoms with E-state index in [1.807, 2.05) is 44.2 Å². The summed E-state index contributed by atoms with van der Waals surface area (Å²) in [7, 11) is 0. The van der Waals surface area contributed by atoms with E-state index >= 15 is 0 Å². The molecule has 1 amide bonds. The van der Waals surface area contributed by atoms with Gasteiger partial charge in [-0.15, -0.1) is 0 Å². The lowest BCUT2D eigenvalue weighted by atomic mass is 10.1. The van der Waals surface area contributed by atoms with Crippen LogP contribution in [0.5, 0.6) is 0 Å². The Morgan fingerprint density at radius 2 is 1.68 bits per heavy atom. The number of carbonyl (C=O) groups is 1. The molecule has 0 aliphatic heterocycles. The summed E-state index contributed by atoms with van der Waals surface area (Å²) in [6.45, 7) is 6.79. The number of hydrogen-bond donors (Lipinski definition) is 2. The molecule has 3 nitrogen and oxygen atoms in total. The van der Waals surface area contributed by atoms with Crippen LogP contribution in [0.4, 0.5) is 11.4 Å². The van der Waals surface area contributed by atoms with Crippen LogP contribution in [0.1, 0.15) is 30.0 Å². The third-order valence-electron chi connectivity index (χ3n) is 3.81. The van der Waals surface area contributed by atoms with Gasteiger partial charge in [0.1, 0.15) is 0 Å². The molecule has 0 saturated heterocycles. The standard InChI is InChI=1S/C19H24N2O/c1-4-16-10-5-6-11-17(16)20-13-12-18(22)21-19-14(2)8-7-9-15(19)3/h5-11,20H,4,12-13H2,1-3H3,(H,21,22). The van der Waals surface area contributed by atoms with Crippen LogP contribution in [0.3, 0.4) is 0 Å². The molecule has 0 spiro atoms. The summed E-state index contributed by atoms with van der Waals surface area (Å²) < 4.78 is 0. The molecule has 116 valence electrons. The van der Waals surface area contributed by atoms with Crippen molar-refractivity contribution < 1.29 is 4.79 Å². The second kappa shape index (κ2) is 7.64. The maximum Gasteiger partial charge on any atom is 0.226 e. The molecule has 0 atom stereocenters. The van der Waals surface area contributed by atoms with E-state index in [0.29, 0.717) is 13.0 Å². The highest BCUT2D eigenvalue weighted by Crippen LogP contribution is 2.19. The van der Waals surface area contributed by atoms with Crippen molar-refractivity contribution in [1.82, 2.24) is 0 Å². The molecule has 0 heterocycles. The van der Waals surface area contributed by atoms with Crippen molar-refractivity contribution >= 4 is 17.3 Å². The number of aryl methyl sites for hydroxylation is 3. The van der Waals surface area contributed by atoms with E-state index in [1.54, 1.807) is 0 Å². The van der Waals surface area contributed by atoms with E-state index in [4.69, 9.17) is 0 Å². The van der Waals surface area contributed by atoms with Gasteiger partial charge in [-0.3, -0.25) is 4.79 Å². The largest absolute Gasteiger partial charge is 0.384 e.